The zero-order valence-corrected chi connectivity index (χ0v) is 12.2. The van der Waals surface area contributed by atoms with E-state index in [4.69, 9.17) is 4.74 Å². The average Bonchev–Trinajstić information content (AvgIpc) is 2.84. The lowest BCUT2D eigenvalue weighted by Crippen LogP contribution is -2.39. The Hall–Kier alpha value is -1.91. The van der Waals surface area contributed by atoms with Gasteiger partial charge in [-0.2, -0.15) is 0 Å². The van der Waals surface area contributed by atoms with Crippen molar-refractivity contribution in [2.45, 2.75) is 45.3 Å². The second kappa shape index (κ2) is 6.03. The Morgan fingerprint density at radius 2 is 2.10 bits per heavy atom. The van der Waals surface area contributed by atoms with E-state index in [2.05, 4.69) is 9.97 Å². The van der Waals surface area contributed by atoms with Gasteiger partial charge in [0, 0.05) is 24.5 Å². The smallest absolute Gasteiger partial charge is 0.410 e. The molecule has 1 atom stereocenters. The monoisotopic (exact) mass is 275 g/mol. The van der Waals surface area contributed by atoms with Crippen LogP contribution in [0.3, 0.4) is 0 Å². The van der Waals surface area contributed by atoms with Crippen LogP contribution in [0.2, 0.25) is 0 Å². The lowest BCUT2D eigenvalue weighted by atomic mass is 10.2. The van der Waals surface area contributed by atoms with Crippen molar-refractivity contribution < 1.29 is 9.53 Å². The molecule has 1 saturated heterocycles. The largest absolute Gasteiger partial charge is 0.444 e. The van der Waals surface area contributed by atoms with E-state index in [0.717, 1.165) is 24.9 Å². The summed E-state index contributed by atoms with van der Waals surface area (Å²) in [7, 11) is 0. The third kappa shape index (κ3) is 4.05. The number of nitrogens with zero attached hydrogens (tertiary/aromatic N) is 3. The molecular weight excluding hydrogens is 254 g/mol. The average molecular weight is 275 g/mol. The Morgan fingerprint density at radius 1 is 1.40 bits per heavy atom. The molecule has 1 amide bonds. The van der Waals surface area contributed by atoms with E-state index in [1.807, 2.05) is 32.9 Å². The number of ether oxygens (including phenoxy) is 1. The Labute approximate surface area is 119 Å². The zero-order valence-electron chi connectivity index (χ0n) is 12.2. The summed E-state index contributed by atoms with van der Waals surface area (Å²) in [5, 5.41) is 0. The van der Waals surface area contributed by atoms with E-state index in [1.165, 1.54) is 6.33 Å². The van der Waals surface area contributed by atoms with Crippen LogP contribution in [0.4, 0.5) is 4.79 Å². The minimum atomic E-state index is -0.457. The van der Waals surface area contributed by atoms with Crippen molar-refractivity contribution in [1.29, 1.82) is 0 Å². The van der Waals surface area contributed by atoms with Gasteiger partial charge in [-0.15, -0.1) is 0 Å². The summed E-state index contributed by atoms with van der Waals surface area (Å²) in [6.45, 7) is 6.39. The van der Waals surface area contributed by atoms with Gasteiger partial charge >= 0.3 is 6.09 Å². The molecule has 1 aromatic rings. The quantitative estimate of drug-likeness (QED) is 0.832. The highest BCUT2D eigenvalue weighted by Crippen LogP contribution is 2.22. The Bertz CT molecular complexity index is 480. The highest BCUT2D eigenvalue weighted by Gasteiger charge is 2.30. The van der Waals surface area contributed by atoms with Crippen molar-refractivity contribution in [1.82, 2.24) is 14.9 Å². The molecule has 0 saturated carbocycles. The van der Waals surface area contributed by atoms with Crippen molar-refractivity contribution in [2.75, 3.05) is 6.54 Å². The second-order valence-electron chi connectivity index (χ2n) is 5.91. The number of likely N-dealkylation sites (tertiary alicyclic amines) is 1. The number of aromatic nitrogens is 2. The predicted molar refractivity (Wildman–Crippen MR) is 77.0 cm³/mol. The van der Waals surface area contributed by atoms with Gasteiger partial charge in [0.25, 0.3) is 0 Å². The molecule has 0 radical (unpaired) electrons. The molecule has 108 valence electrons. The number of carbonyl (C=O) groups is 1. The van der Waals surface area contributed by atoms with Gasteiger partial charge in [-0.1, -0.05) is 12.2 Å². The minimum absolute atomic E-state index is 0.0880. The maximum atomic E-state index is 12.1. The highest BCUT2D eigenvalue weighted by atomic mass is 16.6. The van der Waals surface area contributed by atoms with Crippen molar-refractivity contribution >= 4 is 12.2 Å². The minimum Gasteiger partial charge on any atom is -0.444 e. The molecule has 5 nitrogen and oxygen atoms in total. The topological polar surface area (TPSA) is 55.3 Å². The van der Waals surface area contributed by atoms with E-state index >= 15 is 0 Å². The molecule has 1 fully saturated rings. The van der Waals surface area contributed by atoms with Gasteiger partial charge in [0.1, 0.15) is 11.9 Å². The SMILES string of the molecule is CC(C)(C)OC(=O)N1CCC[C@H]1C=Cc1cncnc1. The van der Waals surface area contributed by atoms with Gasteiger partial charge in [0.2, 0.25) is 0 Å². The lowest BCUT2D eigenvalue weighted by Gasteiger charge is -2.27. The van der Waals surface area contributed by atoms with Gasteiger partial charge in [-0.05, 0) is 33.6 Å². The Morgan fingerprint density at radius 3 is 2.75 bits per heavy atom. The van der Waals surface area contributed by atoms with Crippen LogP contribution in [0, 0.1) is 0 Å². The van der Waals surface area contributed by atoms with E-state index in [1.54, 1.807) is 17.3 Å². The molecule has 1 aromatic heterocycles. The molecule has 1 aliphatic rings. The van der Waals surface area contributed by atoms with Crippen molar-refractivity contribution in [3.8, 4) is 0 Å². The van der Waals surface area contributed by atoms with Gasteiger partial charge in [0.15, 0.2) is 0 Å². The number of amides is 1. The first-order valence-electron chi connectivity index (χ1n) is 6.88. The van der Waals surface area contributed by atoms with Crippen LogP contribution in [-0.2, 0) is 4.74 Å². The van der Waals surface area contributed by atoms with Gasteiger partial charge in [0.05, 0.1) is 6.04 Å². The summed E-state index contributed by atoms with van der Waals surface area (Å²) in [5.41, 5.74) is 0.477. The van der Waals surface area contributed by atoms with Crippen LogP contribution in [0.15, 0.2) is 24.8 Å². The molecule has 0 spiro atoms. The Kier molecular flexibility index (Phi) is 4.37. The third-order valence-electron chi connectivity index (χ3n) is 3.02. The van der Waals surface area contributed by atoms with E-state index in [-0.39, 0.29) is 12.1 Å². The number of hydrogen-bond donors (Lipinski definition) is 0. The molecule has 5 heteroatoms. The van der Waals surface area contributed by atoms with Crippen molar-refractivity contribution in [3.63, 3.8) is 0 Å². The van der Waals surface area contributed by atoms with Crippen LogP contribution in [0.5, 0.6) is 0 Å². The molecule has 2 heterocycles. The van der Waals surface area contributed by atoms with Gasteiger partial charge in [-0.25, -0.2) is 14.8 Å². The molecule has 0 bridgehead atoms. The van der Waals surface area contributed by atoms with Gasteiger partial charge < -0.3 is 9.64 Å². The normalized spacial score (nSPS) is 19.6. The maximum absolute atomic E-state index is 12.1. The number of hydrogen-bond acceptors (Lipinski definition) is 4. The van der Waals surface area contributed by atoms with Crippen LogP contribution < -0.4 is 0 Å². The van der Waals surface area contributed by atoms with Gasteiger partial charge in [-0.3, -0.25) is 0 Å². The fraction of sp³-hybridized carbons (Fsp3) is 0.533. The number of rotatable bonds is 2. The van der Waals surface area contributed by atoms with Crippen LogP contribution in [-0.4, -0.2) is 39.1 Å². The summed E-state index contributed by atoms with van der Waals surface area (Å²) in [6.07, 6.45) is 10.7. The standard InChI is InChI=1S/C15H21N3O2/c1-15(2,3)20-14(19)18-8-4-5-13(18)7-6-12-9-16-11-17-10-12/h6-7,9-11,13H,4-5,8H2,1-3H3/t13-/m0/s1. The zero-order chi connectivity index (χ0) is 14.6. The second-order valence-corrected chi connectivity index (χ2v) is 5.91. The summed E-state index contributed by atoms with van der Waals surface area (Å²) in [5.74, 6) is 0. The Balaban J connectivity index is 2.01. The fourth-order valence-corrected chi connectivity index (χ4v) is 2.16. The molecular formula is C15H21N3O2. The molecule has 0 aromatic carbocycles. The third-order valence-corrected chi connectivity index (χ3v) is 3.02. The molecule has 0 unspecified atom stereocenters. The molecule has 2 rings (SSSR count). The molecule has 0 aliphatic carbocycles. The maximum Gasteiger partial charge on any atom is 0.410 e. The molecule has 1 aliphatic heterocycles. The van der Waals surface area contributed by atoms with E-state index < -0.39 is 5.60 Å². The first-order valence-corrected chi connectivity index (χ1v) is 6.88. The molecule has 0 N–H and O–H groups in total. The summed E-state index contributed by atoms with van der Waals surface area (Å²) >= 11 is 0. The summed E-state index contributed by atoms with van der Waals surface area (Å²) in [6, 6.07) is 0.0880. The summed E-state index contributed by atoms with van der Waals surface area (Å²) in [4.78, 5) is 21.8. The van der Waals surface area contributed by atoms with E-state index in [9.17, 15) is 4.79 Å². The van der Waals surface area contributed by atoms with Crippen LogP contribution >= 0.6 is 0 Å². The van der Waals surface area contributed by atoms with Crippen molar-refractivity contribution in [2.24, 2.45) is 0 Å². The predicted octanol–water partition coefficient (Wildman–Crippen LogP) is 2.89. The summed E-state index contributed by atoms with van der Waals surface area (Å²) < 4.78 is 5.43. The van der Waals surface area contributed by atoms with E-state index in [0.29, 0.717) is 0 Å². The lowest BCUT2D eigenvalue weighted by molar-refractivity contribution is 0.0256. The highest BCUT2D eigenvalue weighted by molar-refractivity contribution is 5.69. The molecule has 20 heavy (non-hydrogen) atoms. The van der Waals surface area contributed by atoms with Crippen LogP contribution in [0.1, 0.15) is 39.2 Å². The number of carbonyl (C=O) groups excluding carboxylic acids is 1. The fourth-order valence-electron chi connectivity index (χ4n) is 2.16. The van der Waals surface area contributed by atoms with Crippen LogP contribution in [0.25, 0.3) is 6.08 Å². The van der Waals surface area contributed by atoms with Crippen molar-refractivity contribution in [3.05, 3.63) is 30.4 Å². The first kappa shape index (κ1) is 14.5. The first-order chi connectivity index (χ1) is 9.46.